The van der Waals surface area contributed by atoms with E-state index in [0.29, 0.717) is 0 Å². The summed E-state index contributed by atoms with van der Waals surface area (Å²) in [5, 5.41) is 3.41. The van der Waals surface area contributed by atoms with Crippen molar-refractivity contribution in [2.45, 2.75) is 6.92 Å². The quantitative estimate of drug-likeness (QED) is 0.846. The van der Waals surface area contributed by atoms with E-state index in [9.17, 15) is 0 Å². The zero-order valence-corrected chi connectivity index (χ0v) is 13.4. The van der Waals surface area contributed by atoms with E-state index in [0.717, 1.165) is 26.2 Å². The second-order valence-electron chi connectivity index (χ2n) is 5.19. The van der Waals surface area contributed by atoms with Crippen molar-refractivity contribution in [3.8, 4) is 11.1 Å². The molecule has 1 aliphatic rings. The van der Waals surface area contributed by atoms with Crippen molar-refractivity contribution in [2.75, 3.05) is 31.1 Å². The van der Waals surface area contributed by atoms with Gasteiger partial charge in [-0.15, -0.1) is 0 Å². The second kappa shape index (κ2) is 6.01. The summed E-state index contributed by atoms with van der Waals surface area (Å²) in [6, 6.07) is 15.1. The fourth-order valence-corrected chi connectivity index (χ4v) is 3.60. The molecule has 1 N–H and O–H groups in total. The molecule has 0 bridgehead atoms. The first-order valence-electron chi connectivity index (χ1n) is 7.09. The summed E-state index contributed by atoms with van der Waals surface area (Å²) in [5.74, 6) is 0. The van der Waals surface area contributed by atoms with Gasteiger partial charge in [0, 0.05) is 0 Å². The van der Waals surface area contributed by atoms with E-state index in [1.54, 1.807) is 0 Å². The van der Waals surface area contributed by atoms with Gasteiger partial charge in [0.1, 0.15) is 0 Å². The van der Waals surface area contributed by atoms with Crippen LogP contribution in [0.15, 0.2) is 42.5 Å². The van der Waals surface area contributed by atoms with Crippen LogP contribution in [0.3, 0.4) is 0 Å². The van der Waals surface area contributed by atoms with E-state index < -0.39 is 0 Å². The molecule has 1 saturated heterocycles. The van der Waals surface area contributed by atoms with E-state index in [2.05, 4.69) is 75.6 Å². The molecule has 0 unspecified atom stereocenters. The molecule has 1 radical (unpaired) electrons. The first-order chi connectivity index (χ1) is 9.77. The predicted molar refractivity (Wildman–Crippen MR) is 87.1 cm³/mol. The summed E-state index contributed by atoms with van der Waals surface area (Å²) < 4.78 is 1.23. The van der Waals surface area contributed by atoms with Crippen LogP contribution in [0.5, 0.6) is 0 Å². The molecule has 3 rings (SSSR count). The summed E-state index contributed by atoms with van der Waals surface area (Å²) >= 11 is 3.21. The normalized spacial score (nSPS) is 15.3. The van der Waals surface area contributed by atoms with Gasteiger partial charge < -0.3 is 0 Å². The van der Waals surface area contributed by atoms with Crippen LogP contribution in [0.4, 0.5) is 5.69 Å². The summed E-state index contributed by atoms with van der Waals surface area (Å²) in [4.78, 5) is 2.48. The SMILES string of the molecule is Cc1c(N2CCNCC2)ccc([Se])c1-c1ccccc1. The number of hydrogen-bond donors (Lipinski definition) is 1. The minimum absolute atomic E-state index is 1.07. The van der Waals surface area contributed by atoms with Crippen LogP contribution in [-0.2, 0) is 0 Å². The average Bonchev–Trinajstić information content (AvgIpc) is 2.49. The molecular formula is C17H19N2Se. The molecule has 0 atom stereocenters. The number of nitrogens with one attached hydrogen (secondary N) is 1. The van der Waals surface area contributed by atoms with Gasteiger partial charge in [0.25, 0.3) is 0 Å². The van der Waals surface area contributed by atoms with Gasteiger partial charge in [0.05, 0.1) is 0 Å². The van der Waals surface area contributed by atoms with Crippen LogP contribution >= 0.6 is 0 Å². The first kappa shape index (κ1) is 13.7. The Morgan fingerprint density at radius 2 is 1.70 bits per heavy atom. The second-order valence-corrected chi connectivity index (χ2v) is 6.11. The van der Waals surface area contributed by atoms with Crippen LogP contribution in [0.25, 0.3) is 11.1 Å². The Hall–Kier alpha value is -1.28. The monoisotopic (exact) mass is 331 g/mol. The van der Waals surface area contributed by atoms with Crippen molar-refractivity contribution in [2.24, 2.45) is 0 Å². The molecule has 2 nitrogen and oxygen atoms in total. The zero-order chi connectivity index (χ0) is 13.9. The molecule has 0 aromatic heterocycles. The van der Waals surface area contributed by atoms with Gasteiger partial charge in [0.15, 0.2) is 0 Å². The molecule has 0 amide bonds. The molecule has 2 aromatic carbocycles. The van der Waals surface area contributed by atoms with Gasteiger partial charge in [0.2, 0.25) is 0 Å². The summed E-state index contributed by atoms with van der Waals surface area (Å²) in [7, 11) is 0. The Morgan fingerprint density at radius 1 is 1.00 bits per heavy atom. The molecular weight excluding hydrogens is 311 g/mol. The van der Waals surface area contributed by atoms with Crippen LogP contribution in [0, 0.1) is 6.92 Å². The Bertz CT molecular complexity index is 589. The van der Waals surface area contributed by atoms with E-state index >= 15 is 0 Å². The summed E-state index contributed by atoms with van der Waals surface area (Å²) in [5.41, 5.74) is 5.36. The summed E-state index contributed by atoms with van der Waals surface area (Å²) in [6.45, 7) is 6.55. The third-order valence-corrected chi connectivity index (χ3v) is 4.63. The van der Waals surface area contributed by atoms with Gasteiger partial charge >= 0.3 is 129 Å². The molecule has 0 aliphatic carbocycles. The number of nitrogens with zero attached hydrogens (tertiary/aromatic N) is 1. The maximum atomic E-state index is 3.41. The molecule has 103 valence electrons. The Kier molecular flexibility index (Phi) is 4.11. The number of piperazine rings is 1. The molecule has 1 aliphatic heterocycles. The Labute approximate surface area is 129 Å². The van der Waals surface area contributed by atoms with Gasteiger partial charge in [-0.2, -0.15) is 0 Å². The number of rotatable bonds is 2. The summed E-state index contributed by atoms with van der Waals surface area (Å²) in [6.07, 6.45) is 0. The molecule has 0 spiro atoms. The van der Waals surface area contributed by atoms with Crippen molar-refractivity contribution < 1.29 is 0 Å². The molecule has 1 fully saturated rings. The van der Waals surface area contributed by atoms with Gasteiger partial charge in [-0.3, -0.25) is 0 Å². The fourth-order valence-electron chi connectivity index (χ4n) is 2.89. The van der Waals surface area contributed by atoms with E-state index in [1.165, 1.54) is 26.8 Å². The molecule has 1 heterocycles. The van der Waals surface area contributed by atoms with E-state index in [4.69, 9.17) is 0 Å². The fraction of sp³-hybridized carbons (Fsp3) is 0.294. The average molecular weight is 330 g/mol. The molecule has 20 heavy (non-hydrogen) atoms. The first-order valence-corrected chi connectivity index (χ1v) is 7.95. The van der Waals surface area contributed by atoms with Crippen LogP contribution in [0.1, 0.15) is 5.56 Å². The number of anilines is 1. The number of benzene rings is 2. The topological polar surface area (TPSA) is 15.3 Å². The third kappa shape index (κ3) is 2.62. The van der Waals surface area contributed by atoms with Crippen molar-refractivity contribution >= 4 is 26.2 Å². The van der Waals surface area contributed by atoms with Crippen LogP contribution in [0.2, 0.25) is 0 Å². The molecule has 0 saturated carbocycles. The molecule has 2 aromatic rings. The standard InChI is InChI=1S/C17H19N2Se/c1-13-15(19-11-9-18-10-12-19)7-8-16(20)17(13)14-5-3-2-4-6-14/h2-8,18H,9-12H2,1H3. The maximum absolute atomic E-state index is 3.41. The van der Waals surface area contributed by atoms with E-state index in [1.807, 2.05) is 0 Å². The zero-order valence-electron chi connectivity index (χ0n) is 11.7. The Balaban J connectivity index is 2.06. The Morgan fingerprint density at radius 3 is 2.40 bits per heavy atom. The van der Waals surface area contributed by atoms with Crippen LogP contribution in [-0.4, -0.2) is 42.2 Å². The predicted octanol–water partition coefficient (Wildman–Crippen LogP) is 1.87. The molecule has 3 heteroatoms. The van der Waals surface area contributed by atoms with Gasteiger partial charge in [-0.25, -0.2) is 0 Å². The van der Waals surface area contributed by atoms with Crippen molar-refractivity contribution in [1.29, 1.82) is 0 Å². The van der Waals surface area contributed by atoms with E-state index in [-0.39, 0.29) is 0 Å². The van der Waals surface area contributed by atoms with Crippen LogP contribution < -0.4 is 14.7 Å². The minimum atomic E-state index is 1.07. The number of hydrogen-bond acceptors (Lipinski definition) is 2. The van der Waals surface area contributed by atoms with Gasteiger partial charge in [-0.1, -0.05) is 0 Å². The van der Waals surface area contributed by atoms with Gasteiger partial charge in [-0.05, 0) is 0 Å². The third-order valence-electron chi connectivity index (χ3n) is 3.92. The van der Waals surface area contributed by atoms with Crippen molar-refractivity contribution in [1.82, 2.24) is 5.32 Å². The van der Waals surface area contributed by atoms with Crippen molar-refractivity contribution in [3.63, 3.8) is 0 Å². The van der Waals surface area contributed by atoms with Crippen molar-refractivity contribution in [3.05, 3.63) is 48.0 Å².